The summed E-state index contributed by atoms with van der Waals surface area (Å²) in [6, 6.07) is 4.04. The number of carboxylic acid groups (broad SMARTS) is 1. The van der Waals surface area contributed by atoms with Crippen LogP contribution in [0.3, 0.4) is 0 Å². The van der Waals surface area contributed by atoms with Crippen molar-refractivity contribution in [3.8, 4) is 0 Å². The molecule has 0 radical (unpaired) electrons. The highest BCUT2D eigenvalue weighted by Gasteiger charge is 1.99. The highest BCUT2D eigenvalue weighted by molar-refractivity contribution is 8.01. The molecule has 0 aliphatic heterocycles. The van der Waals surface area contributed by atoms with Crippen LogP contribution in [0.5, 0.6) is 0 Å². The van der Waals surface area contributed by atoms with Crippen LogP contribution in [0.25, 0.3) is 6.08 Å². The molecule has 0 aliphatic carbocycles. The van der Waals surface area contributed by atoms with Gasteiger partial charge in [0.25, 0.3) is 0 Å². The zero-order chi connectivity index (χ0) is 12.5. The van der Waals surface area contributed by atoms with Gasteiger partial charge in [-0.3, -0.25) is 0 Å². The van der Waals surface area contributed by atoms with E-state index in [0.717, 1.165) is 10.6 Å². The van der Waals surface area contributed by atoms with Crippen LogP contribution >= 0.6 is 23.1 Å². The number of unbranched alkanes of at least 4 members (excludes halogenated alkanes) is 3. The first kappa shape index (κ1) is 14.3. The molecule has 1 N–H and O–H groups in total. The van der Waals surface area contributed by atoms with Gasteiger partial charge in [0.15, 0.2) is 0 Å². The summed E-state index contributed by atoms with van der Waals surface area (Å²) in [5.74, 6) is 0.259. The number of hydrogen-bond acceptors (Lipinski definition) is 3. The van der Waals surface area contributed by atoms with Gasteiger partial charge in [-0.2, -0.15) is 0 Å². The lowest BCUT2D eigenvalue weighted by atomic mass is 10.2. The van der Waals surface area contributed by atoms with Gasteiger partial charge in [-0.1, -0.05) is 26.2 Å². The molecule has 17 heavy (non-hydrogen) atoms. The number of aliphatic carboxylic acids is 1. The maximum absolute atomic E-state index is 10.4. The molecule has 0 bridgehead atoms. The average molecular weight is 270 g/mol. The van der Waals surface area contributed by atoms with Crippen molar-refractivity contribution in [2.24, 2.45) is 0 Å². The number of hydrogen-bond donors (Lipinski definition) is 1. The van der Waals surface area contributed by atoms with Gasteiger partial charge in [-0.05, 0) is 30.4 Å². The lowest BCUT2D eigenvalue weighted by Crippen LogP contribution is -1.84. The van der Waals surface area contributed by atoms with Crippen LogP contribution in [0.1, 0.15) is 37.5 Å². The Morgan fingerprint density at radius 2 is 2.24 bits per heavy atom. The average Bonchev–Trinajstić information content (AvgIpc) is 2.74. The van der Waals surface area contributed by atoms with Gasteiger partial charge >= 0.3 is 5.97 Å². The molecule has 0 amide bonds. The summed E-state index contributed by atoms with van der Waals surface area (Å²) in [6.45, 7) is 2.22. The molecule has 0 saturated heterocycles. The minimum Gasteiger partial charge on any atom is -0.478 e. The second-order valence-electron chi connectivity index (χ2n) is 3.74. The van der Waals surface area contributed by atoms with Crippen molar-refractivity contribution in [1.82, 2.24) is 0 Å². The quantitative estimate of drug-likeness (QED) is 0.429. The Labute approximate surface area is 111 Å². The molecule has 94 valence electrons. The third kappa shape index (κ3) is 6.54. The highest BCUT2D eigenvalue weighted by atomic mass is 32.2. The first-order valence-corrected chi connectivity index (χ1v) is 7.66. The molecule has 2 nitrogen and oxygen atoms in total. The highest BCUT2D eigenvalue weighted by Crippen LogP contribution is 2.28. The van der Waals surface area contributed by atoms with Crippen LogP contribution < -0.4 is 0 Å². The van der Waals surface area contributed by atoms with E-state index in [1.54, 1.807) is 17.4 Å². The smallest absolute Gasteiger partial charge is 0.328 e. The molecule has 0 fully saturated rings. The van der Waals surface area contributed by atoms with Crippen molar-refractivity contribution in [1.29, 1.82) is 0 Å². The Bertz CT molecular complexity index is 369. The molecule has 1 heterocycles. The third-order valence-electron chi connectivity index (χ3n) is 2.23. The van der Waals surface area contributed by atoms with Crippen molar-refractivity contribution in [3.05, 3.63) is 23.1 Å². The Balaban J connectivity index is 2.28. The normalized spacial score (nSPS) is 11.1. The van der Waals surface area contributed by atoms with Crippen molar-refractivity contribution in [3.63, 3.8) is 0 Å². The predicted octanol–water partition coefficient (Wildman–Crippen LogP) is 4.52. The van der Waals surface area contributed by atoms with Crippen LogP contribution in [-0.2, 0) is 4.79 Å². The van der Waals surface area contributed by atoms with Crippen LogP contribution in [-0.4, -0.2) is 16.8 Å². The van der Waals surface area contributed by atoms with Gasteiger partial charge in [0, 0.05) is 11.0 Å². The molecule has 0 unspecified atom stereocenters. The predicted molar refractivity (Wildman–Crippen MR) is 75.9 cm³/mol. The molecule has 4 heteroatoms. The number of rotatable bonds is 8. The number of thiophene rings is 1. The molecule has 1 aromatic rings. The third-order valence-corrected chi connectivity index (χ3v) is 4.60. The van der Waals surface area contributed by atoms with Crippen LogP contribution in [0.15, 0.2) is 22.4 Å². The van der Waals surface area contributed by atoms with Gasteiger partial charge in [0.2, 0.25) is 0 Å². The summed E-state index contributed by atoms with van der Waals surface area (Å²) < 4.78 is 1.27. The maximum atomic E-state index is 10.4. The molecule has 0 atom stereocenters. The SMILES string of the molecule is CCCCCCSc1ccc(/C=C/C(=O)O)s1. The second kappa shape index (κ2) is 8.37. The Kier molecular flexibility index (Phi) is 7.05. The lowest BCUT2D eigenvalue weighted by Gasteiger charge is -1.97. The molecule has 0 spiro atoms. The minimum absolute atomic E-state index is 0.896. The summed E-state index contributed by atoms with van der Waals surface area (Å²) >= 11 is 3.51. The standard InChI is InChI=1S/C13H18O2S2/c1-2-3-4-5-10-16-13-9-7-11(17-13)6-8-12(14)15/h6-9H,2-5,10H2,1H3,(H,14,15)/b8-6+. The largest absolute Gasteiger partial charge is 0.478 e. The van der Waals surface area contributed by atoms with Gasteiger partial charge in [-0.15, -0.1) is 23.1 Å². The fourth-order valence-electron chi connectivity index (χ4n) is 1.36. The summed E-state index contributed by atoms with van der Waals surface area (Å²) in [5.41, 5.74) is 0. The molecular formula is C13H18O2S2. The van der Waals surface area contributed by atoms with Gasteiger partial charge in [0.05, 0.1) is 4.21 Å². The van der Waals surface area contributed by atoms with E-state index in [1.807, 2.05) is 17.8 Å². The van der Waals surface area contributed by atoms with Crippen LogP contribution in [0.2, 0.25) is 0 Å². The van der Waals surface area contributed by atoms with E-state index in [1.165, 1.54) is 36.0 Å². The number of carbonyl (C=O) groups is 1. The molecular weight excluding hydrogens is 252 g/mol. The zero-order valence-electron chi connectivity index (χ0n) is 10.0. The fourth-order valence-corrected chi connectivity index (χ4v) is 3.49. The first-order chi connectivity index (χ1) is 8.22. The fraction of sp³-hybridized carbons (Fsp3) is 0.462. The Morgan fingerprint density at radius 1 is 1.41 bits per heavy atom. The molecule has 1 aromatic heterocycles. The van der Waals surface area contributed by atoms with E-state index in [2.05, 4.69) is 13.0 Å². The van der Waals surface area contributed by atoms with E-state index in [4.69, 9.17) is 5.11 Å². The van der Waals surface area contributed by atoms with Crippen LogP contribution in [0.4, 0.5) is 0 Å². The van der Waals surface area contributed by atoms with Crippen molar-refractivity contribution in [2.75, 3.05) is 5.75 Å². The Hall–Kier alpha value is -0.740. The topological polar surface area (TPSA) is 37.3 Å². The zero-order valence-corrected chi connectivity index (χ0v) is 11.6. The molecule has 1 rings (SSSR count). The molecule has 0 aromatic carbocycles. The first-order valence-electron chi connectivity index (χ1n) is 5.86. The molecule has 0 aliphatic rings. The second-order valence-corrected chi connectivity index (χ2v) is 6.25. The summed E-state index contributed by atoms with van der Waals surface area (Å²) in [7, 11) is 0. The van der Waals surface area contributed by atoms with E-state index < -0.39 is 5.97 Å². The van der Waals surface area contributed by atoms with Gasteiger partial charge in [0.1, 0.15) is 0 Å². The summed E-state index contributed by atoms with van der Waals surface area (Å²) in [5, 5.41) is 8.52. The van der Waals surface area contributed by atoms with Crippen molar-refractivity contribution >= 4 is 35.1 Å². The minimum atomic E-state index is -0.896. The summed E-state index contributed by atoms with van der Waals surface area (Å²) in [6.07, 6.45) is 7.98. The van der Waals surface area contributed by atoms with Crippen molar-refractivity contribution in [2.45, 2.75) is 36.8 Å². The van der Waals surface area contributed by atoms with E-state index in [-0.39, 0.29) is 0 Å². The van der Waals surface area contributed by atoms with E-state index in [9.17, 15) is 4.79 Å². The van der Waals surface area contributed by atoms with Gasteiger partial charge in [-0.25, -0.2) is 4.79 Å². The maximum Gasteiger partial charge on any atom is 0.328 e. The Morgan fingerprint density at radius 3 is 2.94 bits per heavy atom. The number of carboxylic acids is 1. The van der Waals surface area contributed by atoms with Crippen molar-refractivity contribution < 1.29 is 9.90 Å². The summed E-state index contributed by atoms with van der Waals surface area (Å²) in [4.78, 5) is 11.4. The van der Waals surface area contributed by atoms with E-state index >= 15 is 0 Å². The van der Waals surface area contributed by atoms with Crippen LogP contribution in [0, 0.1) is 0 Å². The molecule has 0 saturated carbocycles. The monoisotopic (exact) mass is 270 g/mol. The number of thioether (sulfide) groups is 1. The van der Waals surface area contributed by atoms with Gasteiger partial charge < -0.3 is 5.11 Å². The van der Waals surface area contributed by atoms with E-state index in [0.29, 0.717) is 0 Å². The lowest BCUT2D eigenvalue weighted by molar-refractivity contribution is -0.131.